The van der Waals surface area contributed by atoms with Crippen molar-refractivity contribution in [3.05, 3.63) is 35.4 Å². The Kier molecular flexibility index (Phi) is 10.5. The van der Waals surface area contributed by atoms with Crippen LogP contribution in [-0.4, -0.2) is 50.1 Å². The summed E-state index contributed by atoms with van der Waals surface area (Å²) in [5.41, 5.74) is 2.37. The highest BCUT2D eigenvalue weighted by molar-refractivity contribution is 14.0. The highest BCUT2D eigenvalue weighted by Gasteiger charge is 2.20. The van der Waals surface area contributed by atoms with E-state index >= 15 is 0 Å². The van der Waals surface area contributed by atoms with Crippen LogP contribution in [0.5, 0.6) is 0 Å². The number of benzene rings is 1. The second-order valence-corrected chi connectivity index (χ2v) is 5.74. The minimum Gasteiger partial charge on any atom is -0.380 e. The summed E-state index contributed by atoms with van der Waals surface area (Å²) in [6.07, 6.45) is 1.65. The largest absolute Gasteiger partial charge is 0.380 e. The highest BCUT2D eigenvalue weighted by atomic mass is 127. The number of hydrogen-bond acceptors (Lipinski definition) is 3. The first kappa shape index (κ1) is 21.7. The standard InChI is InChI=1S/C18H28N4O2.HI/c1-3-24-12-10-20-18(19-2)21-13-15-7-4-5-8-16(15)14-22-11-6-9-17(22)23;/h4-5,7-8H,3,6,9-14H2,1-2H3,(H2,19,20,21);1H. The predicted molar refractivity (Wildman–Crippen MR) is 111 cm³/mol. The number of amides is 1. The summed E-state index contributed by atoms with van der Waals surface area (Å²) >= 11 is 0. The summed E-state index contributed by atoms with van der Waals surface area (Å²) in [7, 11) is 1.75. The zero-order chi connectivity index (χ0) is 17.2. The molecule has 1 aliphatic rings. The van der Waals surface area contributed by atoms with E-state index in [-0.39, 0.29) is 29.9 Å². The van der Waals surface area contributed by atoms with Gasteiger partial charge in [0.05, 0.1) is 6.61 Å². The Labute approximate surface area is 167 Å². The first-order chi connectivity index (χ1) is 11.7. The van der Waals surface area contributed by atoms with E-state index in [4.69, 9.17) is 4.74 Å². The Hall–Kier alpha value is -1.35. The minimum atomic E-state index is 0. The van der Waals surface area contributed by atoms with E-state index in [1.165, 1.54) is 11.1 Å². The number of rotatable bonds is 8. The van der Waals surface area contributed by atoms with E-state index in [0.717, 1.165) is 32.1 Å². The quantitative estimate of drug-likeness (QED) is 0.270. The van der Waals surface area contributed by atoms with Crippen LogP contribution in [0.4, 0.5) is 0 Å². The van der Waals surface area contributed by atoms with Crippen LogP contribution in [0.2, 0.25) is 0 Å². The summed E-state index contributed by atoms with van der Waals surface area (Å²) in [6.45, 7) is 6.30. The number of nitrogens with one attached hydrogen (secondary N) is 2. The Morgan fingerprint density at radius 2 is 2.04 bits per heavy atom. The van der Waals surface area contributed by atoms with Crippen LogP contribution in [0.3, 0.4) is 0 Å². The molecule has 0 saturated carbocycles. The summed E-state index contributed by atoms with van der Waals surface area (Å²) < 4.78 is 5.31. The lowest BCUT2D eigenvalue weighted by molar-refractivity contribution is -0.128. The Balaban J connectivity index is 0.00000312. The maximum atomic E-state index is 11.8. The lowest BCUT2D eigenvalue weighted by Crippen LogP contribution is -2.38. The first-order valence-corrected chi connectivity index (χ1v) is 8.61. The number of nitrogens with zero attached hydrogens (tertiary/aromatic N) is 2. The molecule has 2 rings (SSSR count). The molecule has 140 valence electrons. The molecule has 0 atom stereocenters. The van der Waals surface area contributed by atoms with Crippen molar-refractivity contribution in [2.75, 3.05) is 33.4 Å². The van der Waals surface area contributed by atoms with Gasteiger partial charge in [0.25, 0.3) is 0 Å². The monoisotopic (exact) mass is 460 g/mol. The van der Waals surface area contributed by atoms with Crippen molar-refractivity contribution in [3.8, 4) is 0 Å². The van der Waals surface area contributed by atoms with Gasteiger partial charge < -0.3 is 20.3 Å². The zero-order valence-electron chi connectivity index (χ0n) is 15.1. The minimum absolute atomic E-state index is 0. The lowest BCUT2D eigenvalue weighted by atomic mass is 10.1. The predicted octanol–water partition coefficient (Wildman–Crippen LogP) is 2.13. The summed E-state index contributed by atoms with van der Waals surface area (Å²) in [6, 6.07) is 8.23. The number of halogens is 1. The van der Waals surface area contributed by atoms with Gasteiger partial charge in [-0.1, -0.05) is 24.3 Å². The van der Waals surface area contributed by atoms with Gasteiger partial charge in [-0.3, -0.25) is 9.79 Å². The van der Waals surface area contributed by atoms with Crippen molar-refractivity contribution in [1.29, 1.82) is 0 Å². The van der Waals surface area contributed by atoms with Crippen molar-refractivity contribution in [3.63, 3.8) is 0 Å². The van der Waals surface area contributed by atoms with Crippen molar-refractivity contribution < 1.29 is 9.53 Å². The number of guanidine groups is 1. The second-order valence-electron chi connectivity index (χ2n) is 5.74. The molecule has 0 aliphatic carbocycles. The molecule has 7 heteroatoms. The Morgan fingerprint density at radius 3 is 2.68 bits per heavy atom. The van der Waals surface area contributed by atoms with Gasteiger partial charge in [-0.2, -0.15) is 0 Å². The van der Waals surface area contributed by atoms with Crippen molar-refractivity contribution >= 4 is 35.8 Å². The van der Waals surface area contributed by atoms with Crippen molar-refractivity contribution in [2.45, 2.75) is 32.9 Å². The molecule has 2 N–H and O–H groups in total. The van der Waals surface area contributed by atoms with Crippen molar-refractivity contribution in [1.82, 2.24) is 15.5 Å². The molecule has 0 bridgehead atoms. The van der Waals surface area contributed by atoms with E-state index in [2.05, 4.69) is 27.8 Å². The van der Waals surface area contributed by atoms with Crippen LogP contribution in [0.25, 0.3) is 0 Å². The van der Waals surface area contributed by atoms with Crippen LogP contribution >= 0.6 is 24.0 Å². The van der Waals surface area contributed by atoms with Crippen molar-refractivity contribution in [2.24, 2.45) is 4.99 Å². The van der Waals surface area contributed by atoms with Crippen LogP contribution in [0.1, 0.15) is 30.9 Å². The second kappa shape index (κ2) is 12.1. The van der Waals surface area contributed by atoms with E-state index in [9.17, 15) is 4.79 Å². The smallest absolute Gasteiger partial charge is 0.222 e. The number of ether oxygens (including phenoxy) is 1. The average molecular weight is 460 g/mol. The number of carbonyl (C=O) groups is 1. The fourth-order valence-electron chi connectivity index (χ4n) is 2.75. The lowest BCUT2D eigenvalue weighted by Gasteiger charge is -2.19. The van der Waals surface area contributed by atoms with Gasteiger partial charge >= 0.3 is 0 Å². The summed E-state index contributed by atoms with van der Waals surface area (Å²) in [5.74, 6) is 1.01. The number of aliphatic imine (C=N–C) groups is 1. The Bertz CT molecular complexity index is 566. The molecule has 1 amide bonds. The molecule has 1 saturated heterocycles. The molecule has 1 aromatic carbocycles. The Morgan fingerprint density at radius 1 is 1.28 bits per heavy atom. The molecule has 0 radical (unpaired) electrons. The molecule has 0 unspecified atom stereocenters. The van der Waals surface area contributed by atoms with Crippen LogP contribution < -0.4 is 10.6 Å². The topological polar surface area (TPSA) is 66.0 Å². The van der Waals surface area contributed by atoms with E-state index < -0.39 is 0 Å². The zero-order valence-corrected chi connectivity index (χ0v) is 17.4. The number of carbonyl (C=O) groups excluding carboxylic acids is 1. The van der Waals surface area contributed by atoms with Gasteiger partial charge in [-0.05, 0) is 24.5 Å². The fourth-order valence-corrected chi connectivity index (χ4v) is 2.75. The average Bonchev–Trinajstić information content (AvgIpc) is 3.00. The van der Waals surface area contributed by atoms with Crippen LogP contribution in [0, 0.1) is 0 Å². The van der Waals surface area contributed by atoms with Gasteiger partial charge in [-0.15, -0.1) is 24.0 Å². The molecule has 1 aromatic rings. The normalized spacial score (nSPS) is 14.4. The molecular formula is C18H29IN4O2. The first-order valence-electron chi connectivity index (χ1n) is 8.61. The third-order valence-electron chi connectivity index (χ3n) is 4.06. The SMILES string of the molecule is CCOCCNC(=NC)NCc1ccccc1CN1CCCC1=O.I. The van der Waals surface area contributed by atoms with E-state index in [1.54, 1.807) is 7.05 Å². The summed E-state index contributed by atoms with van der Waals surface area (Å²) in [4.78, 5) is 18.0. The van der Waals surface area contributed by atoms with Gasteiger partial charge in [0.1, 0.15) is 0 Å². The molecular weight excluding hydrogens is 431 g/mol. The van der Waals surface area contributed by atoms with Gasteiger partial charge in [0.2, 0.25) is 5.91 Å². The molecule has 0 aromatic heterocycles. The molecule has 1 fully saturated rings. The maximum Gasteiger partial charge on any atom is 0.222 e. The maximum absolute atomic E-state index is 11.8. The van der Waals surface area contributed by atoms with Gasteiger partial charge in [-0.25, -0.2) is 0 Å². The van der Waals surface area contributed by atoms with E-state index in [1.807, 2.05) is 24.0 Å². The number of hydrogen-bond donors (Lipinski definition) is 2. The van der Waals surface area contributed by atoms with E-state index in [0.29, 0.717) is 26.1 Å². The van der Waals surface area contributed by atoms with Crippen LogP contribution in [0.15, 0.2) is 29.3 Å². The third kappa shape index (κ3) is 7.19. The molecule has 6 nitrogen and oxygen atoms in total. The van der Waals surface area contributed by atoms with Crippen LogP contribution in [-0.2, 0) is 22.6 Å². The molecule has 1 aliphatic heterocycles. The third-order valence-corrected chi connectivity index (χ3v) is 4.06. The fraction of sp³-hybridized carbons (Fsp3) is 0.556. The molecule has 1 heterocycles. The number of likely N-dealkylation sites (tertiary alicyclic amines) is 1. The highest BCUT2D eigenvalue weighted by Crippen LogP contribution is 2.17. The molecule has 0 spiro atoms. The van der Waals surface area contributed by atoms with Gasteiger partial charge in [0, 0.05) is 46.3 Å². The summed E-state index contributed by atoms with van der Waals surface area (Å²) in [5, 5.41) is 6.54. The van der Waals surface area contributed by atoms with Gasteiger partial charge in [0.15, 0.2) is 5.96 Å². The molecule has 25 heavy (non-hydrogen) atoms.